The second-order valence-corrected chi connectivity index (χ2v) is 11.3. The molecule has 4 nitrogen and oxygen atoms in total. The van der Waals surface area contributed by atoms with Gasteiger partial charge in [-0.1, -0.05) is 53.8 Å². The van der Waals surface area contributed by atoms with Crippen molar-refractivity contribution in [1.82, 2.24) is 0 Å². The number of hydrogen-bond acceptors (Lipinski definition) is 6. The molecule has 1 aliphatic rings. The molecular formula is C25H19ClINO3S3. The van der Waals surface area contributed by atoms with Crippen molar-refractivity contribution in [2.45, 2.75) is 11.5 Å². The van der Waals surface area contributed by atoms with Crippen LogP contribution in [0.3, 0.4) is 0 Å². The summed E-state index contributed by atoms with van der Waals surface area (Å²) in [6.45, 7) is 0.386. The Morgan fingerprint density at radius 1 is 1.18 bits per heavy atom. The molecule has 0 unspecified atom stereocenters. The number of methoxy groups -OCH3 is 1. The highest BCUT2D eigenvalue weighted by Gasteiger charge is 2.33. The van der Waals surface area contributed by atoms with Crippen molar-refractivity contribution in [1.29, 1.82) is 0 Å². The summed E-state index contributed by atoms with van der Waals surface area (Å²) in [5.41, 5.74) is 2.61. The fourth-order valence-electron chi connectivity index (χ4n) is 3.29. The molecule has 0 aliphatic carbocycles. The van der Waals surface area contributed by atoms with Crippen molar-refractivity contribution in [3.63, 3.8) is 0 Å². The lowest BCUT2D eigenvalue weighted by atomic mass is 10.1. The van der Waals surface area contributed by atoms with Crippen LogP contribution in [-0.4, -0.2) is 23.6 Å². The SMILES string of the molecule is COc1cc(/C=C2/SC(=S)N(c3cccc(SC)c3)C2=O)cc(I)c1OCc1ccc(Cl)cc1. The molecule has 0 bridgehead atoms. The van der Waals surface area contributed by atoms with Gasteiger partial charge < -0.3 is 9.47 Å². The zero-order chi connectivity index (χ0) is 24.2. The first-order valence-electron chi connectivity index (χ1n) is 10.1. The summed E-state index contributed by atoms with van der Waals surface area (Å²) in [4.78, 5) is 16.4. The van der Waals surface area contributed by atoms with Crippen LogP contribution in [0.25, 0.3) is 6.08 Å². The molecule has 0 saturated carbocycles. The smallest absolute Gasteiger partial charge is 0.270 e. The molecule has 1 aliphatic heterocycles. The Kier molecular flexibility index (Phi) is 8.47. The van der Waals surface area contributed by atoms with Gasteiger partial charge in [0.05, 0.1) is 21.3 Å². The summed E-state index contributed by atoms with van der Waals surface area (Å²) >= 11 is 16.6. The summed E-state index contributed by atoms with van der Waals surface area (Å²) in [6.07, 6.45) is 3.84. The highest BCUT2D eigenvalue weighted by molar-refractivity contribution is 14.1. The van der Waals surface area contributed by atoms with Gasteiger partial charge in [-0.05, 0) is 88.5 Å². The molecule has 3 aromatic rings. The lowest BCUT2D eigenvalue weighted by molar-refractivity contribution is -0.113. The molecule has 1 saturated heterocycles. The zero-order valence-electron chi connectivity index (χ0n) is 18.2. The Balaban J connectivity index is 1.57. The van der Waals surface area contributed by atoms with Crippen molar-refractivity contribution >= 4 is 91.9 Å². The molecule has 0 N–H and O–H groups in total. The van der Waals surface area contributed by atoms with Gasteiger partial charge in [-0.15, -0.1) is 11.8 Å². The van der Waals surface area contributed by atoms with Crippen LogP contribution in [0.5, 0.6) is 11.5 Å². The van der Waals surface area contributed by atoms with Crippen LogP contribution in [0.4, 0.5) is 5.69 Å². The van der Waals surface area contributed by atoms with Crippen LogP contribution in [0.1, 0.15) is 11.1 Å². The number of ether oxygens (including phenoxy) is 2. The number of thioether (sulfide) groups is 2. The highest BCUT2D eigenvalue weighted by atomic mass is 127. The average molecular weight is 640 g/mol. The third-order valence-electron chi connectivity index (χ3n) is 4.95. The molecule has 1 heterocycles. The van der Waals surface area contributed by atoms with E-state index >= 15 is 0 Å². The monoisotopic (exact) mass is 639 g/mol. The van der Waals surface area contributed by atoms with Gasteiger partial charge in [0.1, 0.15) is 6.61 Å². The van der Waals surface area contributed by atoms with Gasteiger partial charge in [-0.3, -0.25) is 9.69 Å². The predicted octanol–water partition coefficient (Wildman–Crippen LogP) is 7.66. The lowest BCUT2D eigenvalue weighted by Crippen LogP contribution is -2.27. The molecule has 3 aromatic carbocycles. The maximum Gasteiger partial charge on any atom is 0.270 e. The van der Waals surface area contributed by atoms with Crippen molar-refractivity contribution < 1.29 is 14.3 Å². The Hall–Kier alpha value is -1.72. The minimum atomic E-state index is -0.134. The van der Waals surface area contributed by atoms with Crippen LogP contribution in [0.2, 0.25) is 5.02 Å². The number of thiocarbonyl (C=S) groups is 1. The van der Waals surface area contributed by atoms with Crippen LogP contribution in [0, 0.1) is 3.57 Å². The van der Waals surface area contributed by atoms with Crippen LogP contribution >= 0.6 is 69.9 Å². The maximum absolute atomic E-state index is 13.2. The van der Waals surface area contributed by atoms with Crippen molar-refractivity contribution in [3.8, 4) is 11.5 Å². The average Bonchev–Trinajstić information content (AvgIpc) is 3.11. The number of carbonyl (C=O) groups is 1. The topological polar surface area (TPSA) is 38.8 Å². The second-order valence-electron chi connectivity index (χ2n) is 7.17. The summed E-state index contributed by atoms with van der Waals surface area (Å²) < 4.78 is 13.0. The Morgan fingerprint density at radius 3 is 2.65 bits per heavy atom. The summed E-state index contributed by atoms with van der Waals surface area (Å²) in [5, 5.41) is 0.683. The first kappa shape index (κ1) is 25.4. The summed E-state index contributed by atoms with van der Waals surface area (Å²) in [5.74, 6) is 1.11. The number of nitrogens with zero attached hydrogens (tertiary/aromatic N) is 1. The minimum absolute atomic E-state index is 0.134. The Morgan fingerprint density at radius 2 is 1.94 bits per heavy atom. The van der Waals surface area contributed by atoms with E-state index in [1.807, 2.05) is 73.0 Å². The number of halogens is 2. The van der Waals surface area contributed by atoms with Crippen LogP contribution in [-0.2, 0) is 11.4 Å². The van der Waals surface area contributed by atoms with Gasteiger partial charge in [-0.2, -0.15) is 0 Å². The number of amides is 1. The van der Waals surface area contributed by atoms with E-state index < -0.39 is 0 Å². The van der Waals surface area contributed by atoms with Gasteiger partial charge in [-0.25, -0.2) is 0 Å². The van der Waals surface area contributed by atoms with E-state index in [-0.39, 0.29) is 5.91 Å². The third-order valence-corrected chi connectivity index (χ3v) is 8.03. The van der Waals surface area contributed by atoms with Gasteiger partial charge in [0.25, 0.3) is 5.91 Å². The first-order chi connectivity index (χ1) is 16.4. The van der Waals surface area contributed by atoms with Crippen LogP contribution in [0.15, 0.2) is 70.5 Å². The predicted molar refractivity (Wildman–Crippen MR) is 155 cm³/mol. The number of hydrogen-bond donors (Lipinski definition) is 0. The molecule has 1 fully saturated rings. The molecule has 1 amide bonds. The van der Waals surface area contributed by atoms with E-state index in [0.29, 0.717) is 32.4 Å². The van der Waals surface area contributed by atoms with E-state index in [2.05, 4.69) is 22.6 Å². The number of benzene rings is 3. The molecule has 0 aromatic heterocycles. The fraction of sp³-hybridized carbons (Fsp3) is 0.120. The zero-order valence-corrected chi connectivity index (χ0v) is 23.6. The van der Waals surface area contributed by atoms with E-state index in [9.17, 15) is 4.79 Å². The third kappa shape index (κ3) is 5.73. The van der Waals surface area contributed by atoms with E-state index in [1.165, 1.54) is 11.8 Å². The maximum atomic E-state index is 13.2. The number of anilines is 1. The molecule has 0 atom stereocenters. The van der Waals surface area contributed by atoms with E-state index in [0.717, 1.165) is 25.3 Å². The Labute approximate surface area is 231 Å². The van der Waals surface area contributed by atoms with Gasteiger partial charge in [0.2, 0.25) is 0 Å². The van der Waals surface area contributed by atoms with E-state index in [1.54, 1.807) is 23.8 Å². The summed E-state index contributed by atoms with van der Waals surface area (Å²) in [7, 11) is 1.60. The van der Waals surface area contributed by atoms with Crippen molar-refractivity contribution in [2.24, 2.45) is 0 Å². The van der Waals surface area contributed by atoms with Gasteiger partial charge in [0.15, 0.2) is 15.8 Å². The molecule has 9 heteroatoms. The first-order valence-corrected chi connectivity index (χ1v) is 14.0. The lowest BCUT2D eigenvalue weighted by Gasteiger charge is -2.15. The molecule has 174 valence electrons. The van der Waals surface area contributed by atoms with E-state index in [4.69, 9.17) is 33.3 Å². The van der Waals surface area contributed by atoms with Gasteiger partial charge >= 0.3 is 0 Å². The summed E-state index contributed by atoms with van der Waals surface area (Å²) in [6, 6.07) is 19.1. The van der Waals surface area contributed by atoms with Gasteiger partial charge in [0, 0.05) is 9.92 Å². The molecular weight excluding hydrogens is 621 g/mol. The fourth-order valence-corrected chi connectivity index (χ4v) is 5.95. The second kappa shape index (κ2) is 11.3. The number of rotatable bonds is 7. The normalized spacial score (nSPS) is 14.7. The van der Waals surface area contributed by atoms with Crippen LogP contribution < -0.4 is 14.4 Å². The van der Waals surface area contributed by atoms with Crippen molar-refractivity contribution in [2.75, 3.05) is 18.3 Å². The molecule has 0 spiro atoms. The highest BCUT2D eigenvalue weighted by Crippen LogP contribution is 2.39. The molecule has 4 rings (SSSR count). The number of carbonyl (C=O) groups excluding carboxylic acids is 1. The van der Waals surface area contributed by atoms with Crippen molar-refractivity contribution in [3.05, 3.63) is 85.3 Å². The largest absolute Gasteiger partial charge is 0.493 e. The molecule has 34 heavy (non-hydrogen) atoms. The standard InChI is InChI=1S/C25H19ClINO3S3/c1-30-21-11-16(10-20(27)23(21)31-14-15-6-8-17(26)9-7-15)12-22-24(29)28(25(32)34-22)18-4-3-5-19(13-18)33-2/h3-13H,14H2,1-2H3/b22-12+. The molecule has 0 radical (unpaired) electrons. The Bertz CT molecular complexity index is 1280. The quantitative estimate of drug-likeness (QED) is 0.114. The minimum Gasteiger partial charge on any atom is -0.493 e.